The quantitative estimate of drug-likeness (QED) is 0.805. The molecule has 4 rings (SSSR count). The Hall–Kier alpha value is -2.63. The van der Waals surface area contributed by atoms with E-state index in [1.807, 2.05) is 42.3 Å². The van der Waals surface area contributed by atoms with E-state index in [9.17, 15) is 9.59 Å². The monoisotopic (exact) mass is 380 g/mol. The molecule has 1 atom stereocenters. The van der Waals surface area contributed by atoms with Gasteiger partial charge in [0, 0.05) is 49.4 Å². The highest BCUT2D eigenvalue weighted by molar-refractivity contribution is 6.00. The van der Waals surface area contributed by atoms with Gasteiger partial charge in [0.05, 0.1) is 17.7 Å². The number of rotatable bonds is 2. The fourth-order valence-electron chi connectivity index (χ4n) is 4.20. The van der Waals surface area contributed by atoms with E-state index < -0.39 is 0 Å². The largest absolute Gasteiger partial charge is 0.338 e. The summed E-state index contributed by atoms with van der Waals surface area (Å²) >= 11 is 0. The maximum Gasteiger partial charge on any atom is 0.228 e. The first-order valence-electron chi connectivity index (χ1n) is 9.96. The second kappa shape index (κ2) is 6.76. The standard InChI is InChI=1S/C22H28N4O2/c1-15-5-7-18(8-6-15)25-14-16(11-20(25)27)21(28)24-10-9-19-17(13-24)12-23-26(19)22(2,3)4/h5-8,12,16H,9-11,13-14H2,1-4H3. The van der Waals surface area contributed by atoms with Gasteiger partial charge in [0.25, 0.3) is 0 Å². The third-order valence-corrected chi connectivity index (χ3v) is 5.70. The minimum absolute atomic E-state index is 0.0282. The number of amides is 2. The fraction of sp³-hybridized carbons (Fsp3) is 0.500. The summed E-state index contributed by atoms with van der Waals surface area (Å²) in [6.07, 6.45) is 2.98. The summed E-state index contributed by atoms with van der Waals surface area (Å²) in [6, 6.07) is 7.90. The zero-order valence-electron chi connectivity index (χ0n) is 17.1. The van der Waals surface area contributed by atoms with E-state index in [4.69, 9.17) is 0 Å². The van der Waals surface area contributed by atoms with E-state index in [0.29, 0.717) is 19.6 Å². The highest BCUT2D eigenvalue weighted by Crippen LogP contribution is 2.29. The summed E-state index contributed by atoms with van der Waals surface area (Å²) in [5.41, 5.74) is 4.31. The van der Waals surface area contributed by atoms with Crippen molar-refractivity contribution >= 4 is 17.5 Å². The third kappa shape index (κ3) is 3.32. The Kier molecular flexibility index (Phi) is 4.52. The molecule has 0 N–H and O–H groups in total. The van der Waals surface area contributed by atoms with Crippen molar-refractivity contribution in [3.63, 3.8) is 0 Å². The van der Waals surface area contributed by atoms with Crippen LogP contribution in [0.1, 0.15) is 44.0 Å². The van der Waals surface area contributed by atoms with E-state index in [2.05, 4.69) is 30.6 Å². The summed E-state index contributed by atoms with van der Waals surface area (Å²) in [5, 5.41) is 4.55. The van der Waals surface area contributed by atoms with Crippen molar-refractivity contribution in [2.45, 2.75) is 52.6 Å². The SMILES string of the molecule is Cc1ccc(N2CC(C(=O)N3CCc4c(cnn4C(C)(C)C)C3)CC2=O)cc1. The molecule has 2 aliphatic rings. The minimum atomic E-state index is -0.270. The molecule has 1 fully saturated rings. The molecule has 28 heavy (non-hydrogen) atoms. The third-order valence-electron chi connectivity index (χ3n) is 5.70. The normalized spacial score (nSPS) is 19.9. The summed E-state index contributed by atoms with van der Waals surface area (Å²) in [7, 11) is 0. The average Bonchev–Trinajstić information content (AvgIpc) is 3.24. The predicted molar refractivity (Wildman–Crippen MR) is 108 cm³/mol. The van der Waals surface area contributed by atoms with Gasteiger partial charge < -0.3 is 9.80 Å². The minimum Gasteiger partial charge on any atom is -0.338 e. The number of carbonyl (C=O) groups excluding carboxylic acids is 2. The molecule has 0 saturated carbocycles. The van der Waals surface area contributed by atoms with Crippen LogP contribution in [0.3, 0.4) is 0 Å². The van der Waals surface area contributed by atoms with Gasteiger partial charge in [-0.05, 0) is 39.8 Å². The number of hydrogen-bond acceptors (Lipinski definition) is 3. The zero-order valence-corrected chi connectivity index (χ0v) is 17.1. The Morgan fingerprint density at radius 1 is 1.18 bits per heavy atom. The van der Waals surface area contributed by atoms with Gasteiger partial charge in [0.1, 0.15) is 0 Å². The molecule has 148 valence electrons. The fourth-order valence-corrected chi connectivity index (χ4v) is 4.20. The molecule has 3 heterocycles. The van der Waals surface area contributed by atoms with Gasteiger partial charge in [-0.2, -0.15) is 5.10 Å². The topological polar surface area (TPSA) is 58.4 Å². The molecule has 2 amide bonds. The lowest BCUT2D eigenvalue weighted by atomic mass is 10.0. The number of nitrogens with zero attached hydrogens (tertiary/aromatic N) is 4. The first-order chi connectivity index (χ1) is 13.2. The second-order valence-corrected chi connectivity index (χ2v) is 8.95. The molecular formula is C22H28N4O2. The van der Waals surface area contributed by atoms with Gasteiger partial charge in [0.2, 0.25) is 11.8 Å². The van der Waals surface area contributed by atoms with Gasteiger partial charge >= 0.3 is 0 Å². The molecule has 6 heteroatoms. The highest BCUT2D eigenvalue weighted by Gasteiger charge is 2.38. The number of carbonyl (C=O) groups is 2. The van der Waals surface area contributed by atoms with Crippen LogP contribution < -0.4 is 4.90 Å². The van der Waals surface area contributed by atoms with Crippen LogP contribution in [0.4, 0.5) is 5.69 Å². The molecule has 2 aromatic rings. The Labute approximate surface area is 166 Å². The molecule has 1 aromatic carbocycles. The molecule has 2 aliphatic heterocycles. The molecular weight excluding hydrogens is 352 g/mol. The molecule has 0 spiro atoms. The zero-order chi connectivity index (χ0) is 20.1. The van der Waals surface area contributed by atoms with Crippen LogP contribution in [0.5, 0.6) is 0 Å². The smallest absolute Gasteiger partial charge is 0.228 e. The van der Waals surface area contributed by atoms with Gasteiger partial charge in [-0.3, -0.25) is 14.3 Å². The van der Waals surface area contributed by atoms with Crippen molar-refractivity contribution in [1.29, 1.82) is 0 Å². The second-order valence-electron chi connectivity index (χ2n) is 8.95. The summed E-state index contributed by atoms with van der Waals surface area (Å²) in [5.74, 6) is -0.161. The number of fused-ring (bicyclic) bond motifs is 1. The molecule has 0 aliphatic carbocycles. The van der Waals surface area contributed by atoms with Crippen LogP contribution in [0.2, 0.25) is 0 Å². The van der Waals surface area contributed by atoms with Crippen LogP contribution in [0.25, 0.3) is 0 Å². The Balaban J connectivity index is 1.46. The molecule has 1 saturated heterocycles. The van der Waals surface area contributed by atoms with E-state index in [1.165, 1.54) is 5.69 Å². The van der Waals surface area contributed by atoms with Crippen LogP contribution in [-0.2, 0) is 28.1 Å². The number of hydrogen-bond donors (Lipinski definition) is 0. The van der Waals surface area contributed by atoms with Gasteiger partial charge in [0.15, 0.2) is 0 Å². The molecule has 6 nitrogen and oxygen atoms in total. The van der Waals surface area contributed by atoms with Crippen molar-refractivity contribution in [2.24, 2.45) is 5.92 Å². The molecule has 1 aromatic heterocycles. The van der Waals surface area contributed by atoms with Crippen LogP contribution in [-0.4, -0.2) is 39.6 Å². The number of anilines is 1. The average molecular weight is 380 g/mol. The lowest BCUT2D eigenvalue weighted by Gasteiger charge is -2.31. The van der Waals surface area contributed by atoms with Crippen molar-refractivity contribution in [3.8, 4) is 0 Å². The van der Waals surface area contributed by atoms with E-state index in [-0.39, 0.29) is 29.7 Å². The van der Waals surface area contributed by atoms with E-state index >= 15 is 0 Å². The summed E-state index contributed by atoms with van der Waals surface area (Å²) in [4.78, 5) is 29.3. The molecule has 1 unspecified atom stereocenters. The van der Waals surface area contributed by atoms with Crippen LogP contribution >= 0.6 is 0 Å². The van der Waals surface area contributed by atoms with E-state index in [1.54, 1.807) is 4.90 Å². The number of benzene rings is 1. The van der Waals surface area contributed by atoms with E-state index in [0.717, 1.165) is 23.2 Å². The van der Waals surface area contributed by atoms with Gasteiger partial charge in [-0.1, -0.05) is 17.7 Å². The highest BCUT2D eigenvalue weighted by atomic mass is 16.2. The van der Waals surface area contributed by atoms with Crippen molar-refractivity contribution < 1.29 is 9.59 Å². The van der Waals surface area contributed by atoms with Gasteiger partial charge in [-0.25, -0.2) is 0 Å². The lowest BCUT2D eigenvalue weighted by Crippen LogP contribution is -2.41. The summed E-state index contributed by atoms with van der Waals surface area (Å²) in [6.45, 7) is 10.2. The summed E-state index contributed by atoms with van der Waals surface area (Å²) < 4.78 is 2.07. The maximum atomic E-state index is 13.1. The maximum absolute atomic E-state index is 13.1. The number of aryl methyl sites for hydroxylation is 1. The Morgan fingerprint density at radius 3 is 2.57 bits per heavy atom. The number of aromatic nitrogens is 2. The van der Waals surface area contributed by atoms with Crippen molar-refractivity contribution in [2.75, 3.05) is 18.0 Å². The van der Waals surface area contributed by atoms with Crippen molar-refractivity contribution in [3.05, 3.63) is 47.3 Å². The first kappa shape index (κ1) is 18.7. The Bertz CT molecular complexity index is 908. The Morgan fingerprint density at radius 2 is 1.89 bits per heavy atom. The lowest BCUT2D eigenvalue weighted by molar-refractivity contribution is -0.136. The first-order valence-corrected chi connectivity index (χ1v) is 9.96. The van der Waals surface area contributed by atoms with Crippen LogP contribution in [0.15, 0.2) is 30.5 Å². The predicted octanol–water partition coefficient (Wildman–Crippen LogP) is 2.88. The molecule has 0 bridgehead atoms. The van der Waals surface area contributed by atoms with Crippen molar-refractivity contribution in [1.82, 2.24) is 14.7 Å². The van der Waals surface area contributed by atoms with Crippen LogP contribution in [0, 0.1) is 12.8 Å². The van der Waals surface area contributed by atoms with Gasteiger partial charge in [-0.15, -0.1) is 0 Å². The molecule has 0 radical (unpaired) electrons.